The monoisotopic (exact) mass is 480 g/mol. The second-order valence-corrected chi connectivity index (χ2v) is 8.25. The predicted molar refractivity (Wildman–Crippen MR) is 137 cm³/mol. The van der Waals surface area contributed by atoms with Gasteiger partial charge >= 0.3 is 0 Å². The van der Waals surface area contributed by atoms with E-state index in [4.69, 9.17) is 0 Å². The lowest BCUT2D eigenvalue weighted by atomic mass is 10.0. The number of carbonyl (C=O) groups excluding carboxylic acids is 3. The number of halogens is 1. The summed E-state index contributed by atoms with van der Waals surface area (Å²) in [7, 11) is 1.68. The molecule has 0 aromatic heterocycles. The first-order valence-electron chi connectivity index (χ1n) is 11.0. The Morgan fingerprint density at radius 3 is 2.35 bits per heavy atom. The average molecular weight is 481 g/mol. The molecular weight excluding hydrogens is 452 g/mol. The van der Waals surface area contributed by atoms with Crippen molar-refractivity contribution in [2.45, 2.75) is 32.5 Å². The molecule has 2 atom stereocenters. The van der Waals surface area contributed by atoms with E-state index >= 15 is 0 Å². The lowest BCUT2D eigenvalue weighted by Crippen LogP contribution is -2.55. The molecule has 3 amide bonds. The van der Waals surface area contributed by atoms with Crippen LogP contribution in [0.4, 0.5) is 11.4 Å². The molecule has 0 saturated heterocycles. The maximum absolute atomic E-state index is 13.8. The fraction of sp³-hybridized carbons (Fsp3) is 0.269. The van der Waals surface area contributed by atoms with Crippen molar-refractivity contribution in [2.75, 3.05) is 23.4 Å². The summed E-state index contributed by atoms with van der Waals surface area (Å²) in [6.07, 6.45) is 0. The van der Waals surface area contributed by atoms with E-state index in [0.717, 1.165) is 16.3 Å². The summed E-state index contributed by atoms with van der Waals surface area (Å²) in [5, 5.41) is 7.88. The molecule has 0 spiro atoms. The van der Waals surface area contributed by atoms with Crippen LogP contribution in [0.5, 0.6) is 0 Å². The molecule has 3 aromatic carbocycles. The molecule has 0 fully saturated rings. The van der Waals surface area contributed by atoms with Crippen molar-refractivity contribution in [3.05, 3.63) is 72.3 Å². The highest BCUT2D eigenvalue weighted by atomic mass is 35.5. The van der Waals surface area contributed by atoms with E-state index in [9.17, 15) is 14.4 Å². The smallest absolute Gasteiger partial charge is 0.251 e. The number of carbonyl (C=O) groups is 3. The molecule has 2 N–H and O–H groups in total. The number of nitrogens with one attached hydrogen (secondary N) is 2. The fourth-order valence-electron chi connectivity index (χ4n) is 4.18. The number of benzene rings is 3. The van der Waals surface area contributed by atoms with Crippen LogP contribution in [0.15, 0.2) is 66.7 Å². The maximum Gasteiger partial charge on any atom is 0.251 e. The van der Waals surface area contributed by atoms with Gasteiger partial charge in [0.05, 0.1) is 30.5 Å². The number of amides is 3. The Morgan fingerprint density at radius 1 is 1.00 bits per heavy atom. The van der Waals surface area contributed by atoms with E-state index in [-0.39, 0.29) is 36.7 Å². The Balaban J connectivity index is 0.00000324. The second kappa shape index (κ2) is 10.7. The third kappa shape index (κ3) is 4.90. The van der Waals surface area contributed by atoms with Crippen molar-refractivity contribution >= 4 is 52.3 Å². The third-order valence-corrected chi connectivity index (χ3v) is 6.12. The third-order valence-electron chi connectivity index (χ3n) is 6.12. The van der Waals surface area contributed by atoms with Crippen LogP contribution < -0.4 is 20.4 Å². The summed E-state index contributed by atoms with van der Waals surface area (Å²) in [6.45, 7) is 3.58. The molecule has 178 valence electrons. The summed E-state index contributed by atoms with van der Waals surface area (Å²) in [5.74, 6) is -0.741. The van der Waals surface area contributed by atoms with Crippen LogP contribution in [0.2, 0.25) is 0 Å². The van der Waals surface area contributed by atoms with Crippen LogP contribution in [0.25, 0.3) is 10.8 Å². The Hall–Kier alpha value is -3.42. The van der Waals surface area contributed by atoms with Gasteiger partial charge in [0, 0.05) is 6.92 Å². The van der Waals surface area contributed by atoms with Gasteiger partial charge in [-0.15, -0.1) is 12.4 Å². The molecule has 0 aliphatic carbocycles. The number of anilines is 2. The number of hydrogen-bond donors (Lipinski definition) is 2. The molecule has 7 nitrogen and oxygen atoms in total. The second-order valence-electron chi connectivity index (χ2n) is 8.25. The number of fused-ring (bicyclic) bond motifs is 2. The summed E-state index contributed by atoms with van der Waals surface area (Å²) in [6, 6.07) is 20.1. The number of nitrogens with zero attached hydrogens (tertiary/aromatic N) is 2. The van der Waals surface area contributed by atoms with Crippen LogP contribution in [-0.4, -0.2) is 43.4 Å². The highest BCUT2D eigenvalue weighted by Crippen LogP contribution is 2.34. The fourth-order valence-corrected chi connectivity index (χ4v) is 4.18. The first-order chi connectivity index (χ1) is 15.9. The minimum Gasteiger partial charge on any atom is -0.341 e. The first-order valence-corrected chi connectivity index (χ1v) is 11.0. The van der Waals surface area contributed by atoms with Gasteiger partial charge in [-0.3, -0.25) is 14.4 Å². The van der Waals surface area contributed by atoms with E-state index in [0.29, 0.717) is 17.9 Å². The number of para-hydroxylation sites is 2. The quantitative estimate of drug-likeness (QED) is 0.587. The summed E-state index contributed by atoms with van der Waals surface area (Å²) < 4.78 is 0. The largest absolute Gasteiger partial charge is 0.341 e. The average Bonchev–Trinajstić information content (AvgIpc) is 2.94. The van der Waals surface area contributed by atoms with Gasteiger partial charge in [0.1, 0.15) is 6.04 Å². The number of rotatable bonds is 5. The van der Waals surface area contributed by atoms with Gasteiger partial charge in [-0.25, -0.2) is 0 Å². The molecule has 34 heavy (non-hydrogen) atoms. The summed E-state index contributed by atoms with van der Waals surface area (Å²) in [5.41, 5.74) is 2.28. The van der Waals surface area contributed by atoms with Gasteiger partial charge in [0.25, 0.3) is 5.91 Å². The zero-order chi connectivity index (χ0) is 23.5. The molecule has 3 aromatic rings. The predicted octanol–water partition coefficient (Wildman–Crippen LogP) is 3.25. The summed E-state index contributed by atoms with van der Waals surface area (Å²) in [4.78, 5) is 42.2. The lowest BCUT2D eigenvalue weighted by molar-refractivity contribution is -0.128. The van der Waals surface area contributed by atoms with E-state index in [1.165, 1.54) is 6.92 Å². The van der Waals surface area contributed by atoms with Crippen molar-refractivity contribution < 1.29 is 14.4 Å². The topological polar surface area (TPSA) is 81.8 Å². The summed E-state index contributed by atoms with van der Waals surface area (Å²) >= 11 is 0. The Kier molecular flexibility index (Phi) is 7.91. The van der Waals surface area contributed by atoms with E-state index in [1.807, 2.05) is 66.7 Å². The first kappa shape index (κ1) is 25.2. The van der Waals surface area contributed by atoms with Gasteiger partial charge in [-0.1, -0.05) is 54.6 Å². The van der Waals surface area contributed by atoms with E-state index in [1.54, 1.807) is 23.8 Å². The molecule has 4 rings (SSSR count). The molecular formula is C26H29ClN4O3. The van der Waals surface area contributed by atoms with Crippen LogP contribution >= 0.6 is 12.4 Å². The zero-order valence-corrected chi connectivity index (χ0v) is 20.3. The standard InChI is InChI=1S/C26H28N4O3.ClH/c1-17(27-3)25(32)28-22-16-29(18(2)31)23-13-6-7-14-24(23)30(26(22)33)15-20-11-8-10-19-9-4-5-12-21(19)20;/h4-14,17,22,27H,15-16H2,1-3H3,(H,28,32);1H. The molecule has 1 aliphatic heterocycles. The van der Waals surface area contributed by atoms with Crippen molar-refractivity contribution in [3.8, 4) is 0 Å². The van der Waals surface area contributed by atoms with Gasteiger partial charge < -0.3 is 20.4 Å². The van der Waals surface area contributed by atoms with Gasteiger partial charge in [0.15, 0.2) is 0 Å². The van der Waals surface area contributed by atoms with Gasteiger partial charge in [-0.05, 0) is 42.4 Å². The highest BCUT2D eigenvalue weighted by molar-refractivity contribution is 6.08. The molecule has 8 heteroatoms. The lowest BCUT2D eigenvalue weighted by Gasteiger charge is -2.26. The molecule has 0 bridgehead atoms. The van der Waals surface area contributed by atoms with Gasteiger partial charge in [0.2, 0.25) is 11.8 Å². The van der Waals surface area contributed by atoms with Gasteiger partial charge in [-0.2, -0.15) is 0 Å². The SMILES string of the molecule is CNC(C)C(=O)NC1CN(C(C)=O)c2ccccc2N(Cc2cccc3ccccc23)C1=O.Cl. The normalized spacial score (nSPS) is 16.3. The van der Waals surface area contributed by atoms with E-state index in [2.05, 4.69) is 10.6 Å². The van der Waals surface area contributed by atoms with Crippen LogP contribution in [0.3, 0.4) is 0 Å². The molecule has 1 heterocycles. The molecule has 2 unspecified atom stereocenters. The Morgan fingerprint density at radius 2 is 1.65 bits per heavy atom. The van der Waals surface area contributed by atoms with Crippen LogP contribution in [-0.2, 0) is 20.9 Å². The van der Waals surface area contributed by atoms with E-state index < -0.39 is 12.1 Å². The molecule has 1 aliphatic rings. The van der Waals surface area contributed by atoms with Crippen LogP contribution in [0.1, 0.15) is 19.4 Å². The minimum absolute atomic E-state index is 0. The van der Waals surface area contributed by atoms with Crippen molar-refractivity contribution in [3.63, 3.8) is 0 Å². The molecule has 0 saturated carbocycles. The number of likely N-dealkylation sites (N-methyl/N-ethyl adjacent to an activating group) is 1. The maximum atomic E-state index is 13.8. The highest BCUT2D eigenvalue weighted by Gasteiger charge is 2.36. The van der Waals surface area contributed by atoms with Crippen molar-refractivity contribution in [1.82, 2.24) is 10.6 Å². The zero-order valence-electron chi connectivity index (χ0n) is 19.4. The Bertz CT molecular complexity index is 1210. The minimum atomic E-state index is -0.875. The van der Waals surface area contributed by atoms with Crippen molar-refractivity contribution in [2.24, 2.45) is 0 Å². The van der Waals surface area contributed by atoms with Crippen molar-refractivity contribution in [1.29, 1.82) is 0 Å². The van der Waals surface area contributed by atoms with Crippen LogP contribution in [0, 0.1) is 0 Å². The molecule has 0 radical (unpaired) electrons. The number of hydrogen-bond acceptors (Lipinski definition) is 4. The Labute approximate surface area is 205 Å².